The van der Waals surface area contributed by atoms with E-state index in [1.54, 1.807) is 12.1 Å². The Morgan fingerprint density at radius 3 is 2.67 bits per heavy atom. The Bertz CT molecular complexity index is 1500. The minimum atomic E-state index is -1.29. The van der Waals surface area contributed by atoms with Crippen molar-refractivity contribution < 1.29 is 19.5 Å². The fourth-order valence-electron chi connectivity index (χ4n) is 8.59. The summed E-state index contributed by atoms with van der Waals surface area (Å²) in [4.78, 5) is 54.9. The summed E-state index contributed by atoms with van der Waals surface area (Å²) in [7, 11) is 0. The molecule has 4 aliphatic carbocycles. The molecule has 10 heteroatoms. The molecular formula is C29H33N5O5. The second-order valence-corrected chi connectivity index (χ2v) is 12.6. The van der Waals surface area contributed by atoms with Crippen molar-refractivity contribution in [3.8, 4) is 5.75 Å². The number of nitrogens with two attached hydrogens (primary N) is 2. The van der Waals surface area contributed by atoms with Crippen LogP contribution < -0.4 is 22.3 Å². The number of phenols is 1. The van der Waals surface area contributed by atoms with Gasteiger partial charge in [0.25, 0.3) is 11.5 Å². The van der Waals surface area contributed by atoms with Crippen molar-refractivity contribution in [1.82, 2.24) is 15.2 Å². The molecule has 1 aromatic carbocycles. The molecule has 2 heterocycles. The van der Waals surface area contributed by atoms with Gasteiger partial charge in [-0.05, 0) is 85.3 Å². The first-order valence-corrected chi connectivity index (χ1v) is 13.8. The van der Waals surface area contributed by atoms with E-state index in [1.165, 1.54) is 24.0 Å². The van der Waals surface area contributed by atoms with Crippen molar-refractivity contribution in [3.63, 3.8) is 0 Å². The molecule has 2 spiro atoms. The smallest absolute Gasteiger partial charge is 0.261 e. The summed E-state index contributed by atoms with van der Waals surface area (Å²) in [6.07, 6.45) is 5.53. The number of carbonyl (C=O) groups is 3. The minimum Gasteiger partial charge on any atom is -0.508 e. The fourth-order valence-corrected chi connectivity index (χ4v) is 8.59. The van der Waals surface area contributed by atoms with E-state index >= 15 is 0 Å². The number of rotatable bonds is 7. The largest absolute Gasteiger partial charge is 0.508 e. The van der Waals surface area contributed by atoms with Gasteiger partial charge < -0.3 is 26.9 Å². The molecule has 0 radical (unpaired) electrons. The second-order valence-electron chi connectivity index (χ2n) is 12.6. The first kappa shape index (κ1) is 24.4. The average Bonchev–Trinajstić information content (AvgIpc) is 3.65. The topological polar surface area (TPSA) is 172 Å². The predicted octanol–water partition coefficient (Wildman–Crippen LogP) is 0.233. The Labute approximate surface area is 225 Å². The van der Waals surface area contributed by atoms with E-state index in [2.05, 4.69) is 21.3 Å². The molecule has 2 bridgehead atoms. The lowest BCUT2D eigenvalue weighted by atomic mass is 9.59. The van der Waals surface area contributed by atoms with Gasteiger partial charge in [0, 0.05) is 35.7 Å². The molecule has 2 saturated carbocycles. The summed E-state index contributed by atoms with van der Waals surface area (Å²) in [5, 5.41) is 12.9. The van der Waals surface area contributed by atoms with Crippen LogP contribution >= 0.6 is 0 Å². The molecule has 1 unspecified atom stereocenters. The number of primary amides is 2. The zero-order valence-electron chi connectivity index (χ0n) is 21.7. The predicted molar refractivity (Wildman–Crippen MR) is 141 cm³/mol. The number of aromatic nitrogens is 1. The fraction of sp³-hybridized carbons (Fsp3) is 0.517. The number of amides is 3. The zero-order chi connectivity index (χ0) is 27.3. The Morgan fingerprint density at radius 2 is 1.95 bits per heavy atom. The quantitative estimate of drug-likeness (QED) is 0.342. The highest BCUT2D eigenvalue weighted by atomic mass is 16.3. The number of carbonyl (C=O) groups excluding carboxylic acids is 3. The summed E-state index contributed by atoms with van der Waals surface area (Å²) in [5.41, 5.74) is 14.1. The molecule has 10 nitrogen and oxygen atoms in total. The molecule has 5 aliphatic rings. The van der Waals surface area contributed by atoms with E-state index in [9.17, 15) is 24.3 Å². The van der Waals surface area contributed by atoms with Gasteiger partial charge in [0.2, 0.25) is 11.8 Å². The van der Waals surface area contributed by atoms with Crippen molar-refractivity contribution in [2.75, 3.05) is 13.1 Å². The molecule has 1 saturated heterocycles. The monoisotopic (exact) mass is 531 g/mol. The van der Waals surface area contributed by atoms with Crippen LogP contribution in [0.1, 0.15) is 58.4 Å². The van der Waals surface area contributed by atoms with Crippen LogP contribution in [-0.2, 0) is 34.3 Å². The summed E-state index contributed by atoms with van der Waals surface area (Å²) in [5.74, 6) is -1.11. The molecule has 1 aromatic heterocycles. The van der Waals surface area contributed by atoms with Crippen LogP contribution in [0.3, 0.4) is 0 Å². The van der Waals surface area contributed by atoms with Gasteiger partial charge in [-0.15, -0.1) is 0 Å². The number of aromatic hydroxyl groups is 1. The number of pyridine rings is 1. The molecule has 3 amide bonds. The number of aromatic amines is 1. The number of H-pyrrole nitrogens is 1. The minimum absolute atomic E-state index is 0.113. The van der Waals surface area contributed by atoms with Gasteiger partial charge in [-0.25, -0.2) is 0 Å². The Kier molecular flexibility index (Phi) is 5.11. The first-order chi connectivity index (χ1) is 18.6. The maximum Gasteiger partial charge on any atom is 0.261 e. The van der Waals surface area contributed by atoms with Crippen LogP contribution in [0.4, 0.5) is 0 Å². The van der Waals surface area contributed by atoms with E-state index in [0.717, 1.165) is 43.1 Å². The molecule has 1 aliphatic heterocycles. The number of nitrogens with one attached hydrogen (secondary N) is 2. The molecule has 5 atom stereocenters. The number of hydrogen-bond donors (Lipinski definition) is 5. The van der Waals surface area contributed by atoms with Crippen molar-refractivity contribution >= 4 is 17.7 Å². The van der Waals surface area contributed by atoms with Crippen molar-refractivity contribution in [2.45, 2.75) is 62.4 Å². The number of phenolic OH excluding ortho intramolecular Hbond substituents is 1. The van der Waals surface area contributed by atoms with Gasteiger partial charge in [0.05, 0.1) is 6.42 Å². The van der Waals surface area contributed by atoms with Crippen LogP contribution in [0.25, 0.3) is 0 Å². The molecule has 3 fully saturated rings. The highest BCUT2D eigenvalue weighted by Crippen LogP contribution is 2.69. The third-order valence-electron chi connectivity index (χ3n) is 10.1. The highest BCUT2D eigenvalue weighted by molar-refractivity contribution is 5.98. The van der Waals surface area contributed by atoms with Crippen LogP contribution in [0.2, 0.25) is 0 Å². The van der Waals surface area contributed by atoms with Gasteiger partial charge in [-0.1, -0.05) is 6.07 Å². The van der Waals surface area contributed by atoms with Crippen molar-refractivity contribution in [3.05, 3.63) is 62.6 Å². The molecule has 39 heavy (non-hydrogen) atoms. The summed E-state index contributed by atoms with van der Waals surface area (Å²) in [6, 6.07) is 6.54. The van der Waals surface area contributed by atoms with E-state index in [1.807, 2.05) is 6.07 Å². The standard InChI is InChI=1S/C29H33N5O5/c30-23(36)8-21(25(31)37)32-26(38)18-5-16-6-20-24-28(13-34(24)11-14-1-2-14)9-15-3-4-17(35)7-19(15)29(20,12-28)10-22(16)33-27(18)39/h3-5,7,14,20-21,24,35H,1-2,6,8-13H2,(H2,30,36)(H2,31,37)(H,32,38)(H,33,39)/t20-,21-,24-,28?,29-/m0/s1. The van der Waals surface area contributed by atoms with Crippen LogP contribution in [-0.4, -0.2) is 57.9 Å². The number of fused-ring (bicyclic) bond motifs is 3. The Balaban J connectivity index is 1.26. The van der Waals surface area contributed by atoms with Gasteiger partial charge in [-0.3, -0.25) is 24.1 Å². The lowest BCUT2D eigenvalue weighted by molar-refractivity contribution is -0.124. The van der Waals surface area contributed by atoms with E-state index in [0.29, 0.717) is 18.9 Å². The summed E-state index contributed by atoms with van der Waals surface area (Å²) >= 11 is 0. The number of nitrogens with zero attached hydrogens (tertiary/aromatic N) is 1. The molecule has 7 rings (SSSR count). The molecular weight excluding hydrogens is 498 g/mol. The number of hydrogen-bond acceptors (Lipinski definition) is 6. The molecule has 7 N–H and O–H groups in total. The first-order valence-electron chi connectivity index (χ1n) is 13.8. The molecule has 204 valence electrons. The Hall–Kier alpha value is -3.66. The Morgan fingerprint density at radius 1 is 1.15 bits per heavy atom. The lowest BCUT2D eigenvalue weighted by Gasteiger charge is -2.56. The third-order valence-corrected chi connectivity index (χ3v) is 10.1. The van der Waals surface area contributed by atoms with Crippen molar-refractivity contribution in [2.24, 2.45) is 28.7 Å². The highest BCUT2D eigenvalue weighted by Gasteiger charge is 2.71. The second kappa shape index (κ2) is 8.17. The van der Waals surface area contributed by atoms with E-state index in [-0.39, 0.29) is 28.1 Å². The maximum atomic E-state index is 13.1. The van der Waals surface area contributed by atoms with Gasteiger partial charge in [-0.2, -0.15) is 0 Å². The van der Waals surface area contributed by atoms with E-state index in [4.69, 9.17) is 11.5 Å². The van der Waals surface area contributed by atoms with Gasteiger partial charge in [0.1, 0.15) is 17.4 Å². The van der Waals surface area contributed by atoms with Crippen LogP contribution in [0, 0.1) is 17.3 Å². The SMILES string of the molecule is NC(=O)C[C@H](NC(=O)c1cc2c([nH]c1=O)C[C@]13CC4(Cc5ccc(O)cc51)CN(CC1CC1)[C@H]4[C@@H]3C2)C(N)=O. The summed E-state index contributed by atoms with van der Waals surface area (Å²) in [6.45, 7) is 2.21. The van der Waals surface area contributed by atoms with Gasteiger partial charge in [0.15, 0.2) is 0 Å². The number of benzene rings is 1. The number of likely N-dealkylation sites (tertiary alicyclic amines) is 1. The van der Waals surface area contributed by atoms with Crippen LogP contribution in [0.5, 0.6) is 5.75 Å². The van der Waals surface area contributed by atoms with E-state index < -0.39 is 35.7 Å². The average molecular weight is 532 g/mol. The summed E-state index contributed by atoms with van der Waals surface area (Å²) < 4.78 is 0. The van der Waals surface area contributed by atoms with Crippen LogP contribution in [0.15, 0.2) is 29.1 Å². The zero-order valence-corrected chi connectivity index (χ0v) is 21.7. The lowest BCUT2D eigenvalue weighted by Crippen LogP contribution is -2.65. The third kappa shape index (κ3) is 3.64. The normalized spacial score (nSPS) is 30.7. The maximum absolute atomic E-state index is 13.1. The molecule has 2 aromatic rings. The van der Waals surface area contributed by atoms with Crippen molar-refractivity contribution in [1.29, 1.82) is 0 Å². The van der Waals surface area contributed by atoms with Gasteiger partial charge >= 0.3 is 0 Å².